The first-order valence-electron chi connectivity index (χ1n) is 6.37. The number of carbonyl (C=O) groups is 1. The van der Waals surface area contributed by atoms with Crippen LogP contribution >= 0.6 is 0 Å². The molecule has 1 fully saturated rings. The molecule has 100 valence electrons. The average molecular weight is 252 g/mol. The molecule has 2 heterocycles. The Morgan fingerprint density at radius 3 is 2.83 bits per heavy atom. The standard InChI is InChI=1S/C13H20N2O3/c1-10-4-8-18-12(10)13(16)15-6-2-11(3-7-15)17-9-5-14/h4,8,11H,2-3,5-7,9,14H2,1H3. The van der Waals surface area contributed by atoms with Gasteiger partial charge in [-0.25, -0.2) is 0 Å². The number of hydrogen-bond donors (Lipinski definition) is 1. The van der Waals surface area contributed by atoms with Crippen molar-refractivity contribution in [2.75, 3.05) is 26.2 Å². The topological polar surface area (TPSA) is 68.7 Å². The minimum absolute atomic E-state index is 0.0187. The van der Waals surface area contributed by atoms with Crippen molar-refractivity contribution in [3.05, 3.63) is 23.7 Å². The zero-order chi connectivity index (χ0) is 13.0. The summed E-state index contributed by atoms with van der Waals surface area (Å²) in [6, 6.07) is 1.81. The highest BCUT2D eigenvalue weighted by Crippen LogP contribution is 2.18. The summed E-state index contributed by atoms with van der Waals surface area (Å²) < 4.78 is 10.8. The molecule has 5 heteroatoms. The van der Waals surface area contributed by atoms with E-state index in [0.29, 0.717) is 32.0 Å². The molecular formula is C13H20N2O3. The Morgan fingerprint density at radius 2 is 2.28 bits per heavy atom. The van der Waals surface area contributed by atoms with E-state index in [2.05, 4.69) is 0 Å². The number of amides is 1. The summed E-state index contributed by atoms with van der Waals surface area (Å²) in [5, 5.41) is 0. The summed E-state index contributed by atoms with van der Waals surface area (Å²) >= 11 is 0. The van der Waals surface area contributed by atoms with Gasteiger partial charge in [0.15, 0.2) is 5.76 Å². The van der Waals surface area contributed by atoms with Gasteiger partial charge in [-0.15, -0.1) is 0 Å². The second-order valence-corrected chi connectivity index (χ2v) is 4.58. The van der Waals surface area contributed by atoms with E-state index in [4.69, 9.17) is 14.9 Å². The maximum Gasteiger partial charge on any atom is 0.289 e. The molecule has 1 saturated heterocycles. The highest BCUT2D eigenvalue weighted by Gasteiger charge is 2.26. The van der Waals surface area contributed by atoms with Crippen LogP contribution in [-0.4, -0.2) is 43.2 Å². The second-order valence-electron chi connectivity index (χ2n) is 4.58. The lowest BCUT2D eigenvalue weighted by Crippen LogP contribution is -2.41. The molecule has 0 aromatic carbocycles. The van der Waals surface area contributed by atoms with E-state index in [0.717, 1.165) is 18.4 Å². The Morgan fingerprint density at radius 1 is 1.56 bits per heavy atom. The smallest absolute Gasteiger partial charge is 0.289 e. The average Bonchev–Trinajstić information content (AvgIpc) is 2.82. The molecule has 2 rings (SSSR count). The monoisotopic (exact) mass is 252 g/mol. The molecule has 1 aliphatic heterocycles. The van der Waals surface area contributed by atoms with Gasteiger partial charge in [0.25, 0.3) is 5.91 Å². The number of piperidine rings is 1. The number of aryl methyl sites for hydroxylation is 1. The molecule has 18 heavy (non-hydrogen) atoms. The van der Waals surface area contributed by atoms with E-state index in [-0.39, 0.29) is 12.0 Å². The first-order chi connectivity index (χ1) is 8.72. The maximum atomic E-state index is 12.2. The molecule has 1 aromatic rings. The van der Waals surface area contributed by atoms with Crippen LogP contribution in [0, 0.1) is 6.92 Å². The Hall–Kier alpha value is -1.33. The van der Waals surface area contributed by atoms with Crippen molar-refractivity contribution >= 4 is 5.91 Å². The zero-order valence-electron chi connectivity index (χ0n) is 10.7. The lowest BCUT2D eigenvalue weighted by molar-refractivity contribution is 0.0112. The molecule has 0 aliphatic carbocycles. The lowest BCUT2D eigenvalue weighted by atomic mass is 10.1. The van der Waals surface area contributed by atoms with Gasteiger partial charge in [0.05, 0.1) is 19.0 Å². The number of carbonyl (C=O) groups excluding carboxylic acids is 1. The van der Waals surface area contributed by atoms with Crippen LogP contribution in [0.5, 0.6) is 0 Å². The van der Waals surface area contributed by atoms with E-state index in [9.17, 15) is 4.79 Å². The number of ether oxygens (including phenoxy) is 1. The molecule has 0 atom stereocenters. The van der Waals surface area contributed by atoms with Crippen LogP contribution < -0.4 is 5.73 Å². The lowest BCUT2D eigenvalue weighted by Gasteiger charge is -2.31. The van der Waals surface area contributed by atoms with Gasteiger partial charge in [-0.3, -0.25) is 4.79 Å². The number of nitrogens with two attached hydrogens (primary N) is 1. The summed E-state index contributed by atoms with van der Waals surface area (Å²) in [5.74, 6) is 0.436. The summed E-state index contributed by atoms with van der Waals surface area (Å²) in [5.41, 5.74) is 6.29. The molecule has 0 unspecified atom stereocenters. The fraction of sp³-hybridized carbons (Fsp3) is 0.615. The summed E-state index contributed by atoms with van der Waals surface area (Å²) in [6.45, 7) is 4.46. The molecule has 1 aliphatic rings. The number of rotatable bonds is 4. The van der Waals surface area contributed by atoms with Crippen molar-refractivity contribution < 1.29 is 13.9 Å². The predicted molar refractivity (Wildman–Crippen MR) is 67.4 cm³/mol. The molecule has 0 spiro atoms. The van der Waals surface area contributed by atoms with Gasteiger partial charge in [0.2, 0.25) is 0 Å². The predicted octanol–water partition coefficient (Wildman–Crippen LogP) is 1.17. The van der Waals surface area contributed by atoms with Crippen LogP contribution in [0.3, 0.4) is 0 Å². The quantitative estimate of drug-likeness (QED) is 0.873. The SMILES string of the molecule is Cc1ccoc1C(=O)N1CCC(OCCN)CC1. The van der Waals surface area contributed by atoms with Crippen molar-refractivity contribution in [3.63, 3.8) is 0 Å². The summed E-state index contributed by atoms with van der Waals surface area (Å²) in [7, 11) is 0. The summed E-state index contributed by atoms with van der Waals surface area (Å²) in [6.07, 6.45) is 3.52. The van der Waals surface area contributed by atoms with Gasteiger partial charge < -0.3 is 19.8 Å². The number of hydrogen-bond acceptors (Lipinski definition) is 4. The van der Waals surface area contributed by atoms with Crippen molar-refractivity contribution in [2.24, 2.45) is 5.73 Å². The Bertz CT molecular complexity index is 395. The molecular weight excluding hydrogens is 232 g/mol. The normalized spacial score (nSPS) is 17.1. The molecule has 5 nitrogen and oxygen atoms in total. The van der Waals surface area contributed by atoms with Crippen LogP contribution in [0.1, 0.15) is 29.0 Å². The molecule has 2 N–H and O–H groups in total. The Kier molecular flexibility index (Phi) is 4.38. The molecule has 1 aromatic heterocycles. The highest BCUT2D eigenvalue weighted by molar-refractivity contribution is 5.92. The molecule has 0 bridgehead atoms. The minimum Gasteiger partial charge on any atom is -0.459 e. The van der Waals surface area contributed by atoms with Crippen molar-refractivity contribution in [2.45, 2.75) is 25.9 Å². The number of furan rings is 1. The number of nitrogens with zero attached hydrogens (tertiary/aromatic N) is 1. The molecule has 0 saturated carbocycles. The third-order valence-electron chi connectivity index (χ3n) is 3.26. The van der Waals surface area contributed by atoms with Crippen LogP contribution in [0.4, 0.5) is 0 Å². The maximum absolute atomic E-state index is 12.2. The third-order valence-corrected chi connectivity index (χ3v) is 3.26. The Labute approximate surface area is 107 Å². The fourth-order valence-electron chi connectivity index (χ4n) is 2.20. The van der Waals surface area contributed by atoms with Gasteiger partial charge in [0.1, 0.15) is 0 Å². The first kappa shape index (κ1) is 13.1. The van der Waals surface area contributed by atoms with Gasteiger partial charge >= 0.3 is 0 Å². The van der Waals surface area contributed by atoms with Gasteiger partial charge in [-0.1, -0.05) is 0 Å². The van der Waals surface area contributed by atoms with Crippen LogP contribution in [0.25, 0.3) is 0 Å². The van der Waals surface area contributed by atoms with Gasteiger partial charge in [0, 0.05) is 25.2 Å². The van der Waals surface area contributed by atoms with E-state index >= 15 is 0 Å². The van der Waals surface area contributed by atoms with E-state index in [1.165, 1.54) is 0 Å². The van der Waals surface area contributed by atoms with E-state index < -0.39 is 0 Å². The first-order valence-corrected chi connectivity index (χ1v) is 6.37. The zero-order valence-corrected chi connectivity index (χ0v) is 10.7. The van der Waals surface area contributed by atoms with Crippen LogP contribution in [-0.2, 0) is 4.74 Å². The van der Waals surface area contributed by atoms with Crippen molar-refractivity contribution in [1.82, 2.24) is 4.90 Å². The molecule has 1 amide bonds. The fourth-order valence-corrected chi connectivity index (χ4v) is 2.20. The summed E-state index contributed by atoms with van der Waals surface area (Å²) in [4.78, 5) is 14.0. The van der Waals surface area contributed by atoms with E-state index in [1.54, 1.807) is 6.26 Å². The number of likely N-dealkylation sites (tertiary alicyclic amines) is 1. The second kappa shape index (κ2) is 6.02. The highest BCUT2D eigenvalue weighted by atomic mass is 16.5. The van der Waals surface area contributed by atoms with Crippen LogP contribution in [0.2, 0.25) is 0 Å². The van der Waals surface area contributed by atoms with Gasteiger partial charge in [-0.2, -0.15) is 0 Å². The van der Waals surface area contributed by atoms with Gasteiger partial charge in [-0.05, 0) is 25.8 Å². The largest absolute Gasteiger partial charge is 0.459 e. The van der Waals surface area contributed by atoms with Crippen LogP contribution in [0.15, 0.2) is 16.7 Å². The van der Waals surface area contributed by atoms with Crippen molar-refractivity contribution in [3.8, 4) is 0 Å². The van der Waals surface area contributed by atoms with E-state index in [1.807, 2.05) is 17.9 Å². The Balaban J connectivity index is 1.86. The minimum atomic E-state index is -0.0187. The molecule has 0 radical (unpaired) electrons. The van der Waals surface area contributed by atoms with Crippen molar-refractivity contribution in [1.29, 1.82) is 0 Å². The third kappa shape index (κ3) is 2.91.